The van der Waals surface area contributed by atoms with E-state index in [9.17, 15) is 9.18 Å². The summed E-state index contributed by atoms with van der Waals surface area (Å²) in [5, 5.41) is 3.39. The third-order valence-corrected chi connectivity index (χ3v) is 5.20. The van der Waals surface area contributed by atoms with Gasteiger partial charge in [0.1, 0.15) is 11.6 Å². The van der Waals surface area contributed by atoms with Crippen molar-refractivity contribution < 1.29 is 13.9 Å². The number of benzene rings is 2. The molecule has 3 aromatic rings. The molecule has 0 fully saturated rings. The van der Waals surface area contributed by atoms with Crippen LogP contribution in [0.15, 0.2) is 48.5 Å². The minimum atomic E-state index is -0.284. The van der Waals surface area contributed by atoms with E-state index in [0.29, 0.717) is 24.6 Å². The molecule has 1 amide bonds. The fourth-order valence-electron chi connectivity index (χ4n) is 2.75. The highest BCUT2D eigenvalue weighted by Gasteiger charge is 2.12. The van der Waals surface area contributed by atoms with E-state index >= 15 is 0 Å². The summed E-state index contributed by atoms with van der Waals surface area (Å²) in [6.07, 6.45) is 1.98. The lowest BCUT2D eigenvalue weighted by Crippen LogP contribution is -2.12. The molecule has 2 aromatic carbocycles. The second-order valence-electron chi connectivity index (χ2n) is 6.43. The number of ether oxygens (including phenoxy) is 1. The minimum absolute atomic E-state index is 0.0932. The molecule has 0 spiro atoms. The number of nitrogens with one attached hydrogen (secondary N) is 1. The highest BCUT2D eigenvalue weighted by Crippen LogP contribution is 2.30. The van der Waals surface area contributed by atoms with Crippen LogP contribution in [0, 0.1) is 12.7 Å². The van der Waals surface area contributed by atoms with Crippen LogP contribution in [0.4, 0.5) is 9.52 Å². The summed E-state index contributed by atoms with van der Waals surface area (Å²) in [7, 11) is 0. The van der Waals surface area contributed by atoms with Crippen LogP contribution >= 0.6 is 11.3 Å². The van der Waals surface area contributed by atoms with Gasteiger partial charge in [0.15, 0.2) is 5.13 Å². The van der Waals surface area contributed by atoms with Gasteiger partial charge in [-0.05, 0) is 61.7 Å². The number of hydrogen-bond donors (Lipinski definition) is 1. The first kappa shape index (κ1) is 20.0. The fourth-order valence-corrected chi connectivity index (χ4v) is 3.60. The van der Waals surface area contributed by atoms with Crippen molar-refractivity contribution in [1.29, 1.82) is 0 Å². The Morgan fingerprint density at radius 2 is 1.86 bits per heavy atom. The third-order valence-electron chi connectivity index (χ3n) is 4.31. The second kappa shape index (κ2) is 9.46. The summed E-state index contributed by atoms with van der Waals surface area (Å²) in [5.74, 6) is 0.440. The van der Waals surface area contributed by atoms with Crippen molar-refractivity contribution in [3.63, 3.8) is 0 Å². The number of aromatic nitrogens is 1. The average molecular weight is 399 g/mol. The summed E-state index contributed by atoms with van der Waals surface area (Å²) in [4.78, 5) is 17.6. The molecule has 0 saturated carbocycles. The van der Waals surface area contributed by atoms with E-state index in [1.807, 2.05) is 31.2 Å². The molecule has 6 heteroatoms. The van der Waals surface area contributed by atoms with Crippen molar-refractivity contribution in [2.45, 2.75) is 33.1 Å². The average Bonchev–Trinajstić information content (AvgIpc) is 3.06. The Labute approximate surface area is 168 Å². The maximum atomic E-state index is 13.1. The van der Waals surface area contributed by atoms with Gasteiger partial charge in [-0.1, -0.05) is 19.1 Å². The first-order valence-corrected chi connectivity index (χ1v) is 10.1. The Hall–Kier alpha value is -2.73. The molecule has 4 nitrogen and oxygen atoms in total. The zero-order valence-corrected chi connectivity index (χ0v) is 16.8. The smallest absolute Gasteiger partial charge is 0.226 e. The number of nitrogens with zero attached hydrogens (tertiary/aromatic N) is 1. The summed E-state index contributed by atoms with van der Waals surface area (Å²) >= 11 is 1.41. The molecule has 1 aromatic heterocycles. The van der Waals surface area contributed by atoms with E-state index in [-0.39, 0.29) is 11.7 Å². The highest BCUT2D eigenvalue weighted by atomic mass is 32.1. The van der Waals surface area contributed by atoms with Crippen LogP contribution in [0.25, 0.3) is 11.3 Å². The second-order valence-corrected chi connectivity index (χ2v) is 7.63. The standard InChI is InChI=1S/C22H23FN2O2S/c1-3-16-6-12-19(13-7-16)27-14-4-5-20(26)24-22-25-21(15(2)28-22)17-8-10-18(23)11-9-17/h6-13H,3-5,14H2,1-2H3,(H,24,25,26). The maximum Gasteiger partial charge on any atom is 0.226 e. The van der Waals surface area contributed by atoms with E-state index in [2.05, 4.69) is 17.2 Å². The van der Waals surface area contributed by atoms with Crippen molar-refractivity contribution in [2.24, 2.45) is 0 Å². The molecule has 0 aliphatic rings. The van der Waals surface area contributed by atoms with Crippen LogP contribution in [0.2, 0.25) is 0 Å². The summed E-state index contributed by atoms with van der Waals surface area (Å²) in [6.45, 7) is 4.53. The lowest BCUT2D eigenvalue weighted by Gasteiger charge is -2.06. The van der Waals surface area contributed by atoms with Crippen LogP contribution < -0.4 is 10.1 Å². The van der Waals surface area contributed by atoms with E-state index < -0.39 is 0 Å². The van der Waals surface area contributed by atoms with Gasteiger partial charge in [-0.25, -0.2) is 9.37 Å². The predicted octanol–water partition coefficient (Wildman–Crippen LogP) is 5.62. The van der Waals surface area contributed by atoms with Crippen molar-refractivity contribution in [3.8, 4) is 17.0 Å². The third kappa shape index (κ3) is 5.39. The van der Waals surface area contributed by atoms with E-state index in [1.54, 1.807) is 12.1 Å². The van der Waals surface area contributed by atoms with Crippen LogP contribution in [0.5, 0.6) is 5.75 Å². The minimum Gasteiger partial charge on any atom is -0.494 e. The van der Waals surface area contributed by atoms with Gasteiger partial charge in [0.05, 0.1) is 12.3 Å². The Bertz CT molecular complexity index is 921. The highest BCUT2D eigenvalue weighted by molar-refractivity contribution is 7.16. The number of amides is 1. The lowest BCUT2D eigenvalue weighted by molar-refractivity contribution is -0.116. The van der Waals surface area contributed by atoms with Crippen molar-refractivity contribution in [2.75, 3.05) is 11.9 Å². The molecule has 0 aliphatic heterocycles. The Morgan fingerprint density at radius 1 is 1.14 bits per heavy atom. The number of halogens is 1. The SMILES string of the molecule is CCc1ccc(OCCCC(=O)Nc2nc(-c3ccc(F)cc3)c(C)s2)cc1. The molecular formula is C22H23FN2O2S. The number of anilines is 1. The fraction of sp³-hybridized carbons (Fsp3) is 0.273. The molecule has 0 atom stereocenters. The topological polar surface area (TPSA) is 51.2 Å². The Kier molecular flexibility index (Phi) is 6.76. The van der Waals surface area contributed by atoms with Crippen LogP contribution in [0.1, 0.15) is 30.2 Å². The van der Waals surface area contributed by atoms with E-state index in [0.717, 1.165) is 28.3 Å². The van der Waals surface area contributed by atoms with Gasteiger partial charge >= 0.3 is 0 Å². The number of carbonyl (C=O) groups is 1. The van der Waals surface area contributed by atoms with Crippen LogP contribution in [-0.2, 0) is 11.2 Å². The molecule has 3 rings (SSSR count). The van der Waals surface area contributed by atoms with Gasteiger partial charge in [0.25, 0.3) is 0 Å². The largest absolute Gasteiger partial charge is 0.494 e. The normalized spacial score (nSPS) is 10.7. The monoisotopic (exact) mass is 398 g/mol. The molecule has 0 bridgehead atoms. The van der Waals surface area contributed by atoms with Gasteiger partial charge in [-0.2, -0.15) is 0 Å². The van der Waals surface area contributed by atoms with Gasteiger partial charge in [0, 0.05) is 16.9 Å². The molecule has 1 N–H and O–H groups in total. The lowest BCUT2D eigenvalue weighted by atomic mass is 10.1. The molecule has 0 radical (unpaired) electrons. The van der Waals surface area contributed by atoms with Crippen molar-refractivity contribution in [1.82, 2.24) is 4.98 Å². The van der Waals surface area contributed by atoms with E-state index in [1.165, 1.54) is 29.0 Å². The molecule has 0 saturated heterocycles. The number of aryl methyl sites for hydroxylation is 2. The van der Waals surface area contributed by atoms with Gasteiger partial charge in [0.2, 0.25) is 5.91 Å². The Balaban J connectivity index is 1.47. The summed E-state index contributed by atoms with van der Waals surface area (Å²) < 4.78 is 18.8. The molecule has 146 valence electrons. The molecule has 1 heterocycles. The maximum absolute atomic E-state index is 13.1. The molecular weight excluding hydrogens is 375 g/mol. The molecule has 28 heavy (non-hydrogen) atoms. The van der Waals surface area contributed by atoms with Gasteiger partial charge in [-0.15, -0.1) is 11.3 Å². The quantitative estimate of drug-likeness (QED) is 0.501. The van der Waals surface area contributed by atoms with Crippen molar-refractivity contribution in [3.05, 3.63) is 64.8 Å². The van der Waals surface area contributed by atoms with Gasteiger partial charge < -0.3 is 10.1 Å². The van der Waals surface area contributed by atoms with Crippen LogP contribution in [-0.4, -0.2) is 17.5 Å². The number of hydrogen-bond acceptors (Lipinski definition) is 4. The van der Waals surface area contributed by atoms with Crippen LogP contribution in [0.3, 0.4) is 0 Å². The van der Waals surface area contributed by atoms with E-state index in [4.69, 9.17) is 4.74 Å². The number of thiazole rings is 1. The first-order valence-electron chi connectivity index (χ1n) is 9.30. The number of rotatable bonds is 8. The van der Waals surface area contributed by atoms with Gasteiger partial charge in [-0.3, -0.25) is 4.79 Å². The zero-order chi connectivity index (χ0) is 19.9. The predicted molar refractivity (Wildman–Crippen MR) is 111 cm³/mol. The summed E-state index contributed by atoms with van der Waals surface area (Å²) in [5.41, 5.74) is 2.86. The Morgan fingerprint density at radius 3 is 2.54 bits per heavy atom. The van der Waals surface area contributed by atoms with Crippen molar-refractivity contribution >= 4 is 22.4 Å². The zero-order valence-electron chi connectivity index (χ0n) is 16.0. The number of carbonyl (C=O) groups excluding carboxylic acids is 1. The molecule has 0 unspecified atom stereocenters. The summed E-state index contributed by atoms with van der Waals surface area (Å²) in [6, 6.07) is 14.2. The first-order chi connectivity index (χ1) is 13.5. The molecule has 0 aliphatic carbocycles.